The van der Waals surface area contributed by atoms with E-state index in [1.807, 2.05) is 7.05 Å². The molecular weight excluding hydrogens is 360 g/mol. The zero-order valence-electron chi connectivity index (χ0n) is 14.7. The minimum Gasteiger partial charge on any atom is -0.492 e. The molecule has 1 N–H and O–H groups in total. The average Bonchev–Trinajstić information content (AvgIpc) is 2.55. The van der Waals surface area contributed by atoms with Crippen molar-refractivity contribution in [1.82, 2.24) is 9.62 Å². The maximum atomic E-state index is 13.2. The summed E-state index contributed by atoms with van der Waals surface area (Å²) >= 11 is 6.09. The fraction of sp³-hybridized carbons (Fsp3) is 0.667. The summed E-state index contributed by atoms with van der Waals surface area (Å²) in [5, 5.41) is 3.56. The number of nitrogens with zero attached hydrogens (tertiary/aromatic N) is 1. The van der Waals surface area contributed by atoms with E-state index in [4.69, 9.17) is 16.3 Å². The zero-order valence-corrected chi connectivity index (χ0v) is 16.3. The summed E-state index contributed by atoms with van der Waals surface area (Å²) in [6, 6.07) is 4.90. The second-order valence-electron chi connectivity index (χ2n) is 7.13. The van der Waals surface area contributed by atoms with Crippen LogP contribution < -0.4 is 10.1 Å². The first-order valence-corrected chi connectivity index (χ1v) is 10.9. The highest BCUT2D eigenvalue weighted by Crippen LogP contribution is 2.34. The van der Waals surface area contributed by atoms with Crippen LogP contribution in [-0.2, 0) is 10.0 Å². The van der Waals surface area contributed by atoms with Gasteiger partial charge in [-0.1, -0.05) is 18.0 Å². The molecule has 1 aliphatic heterocycles. The van der Waals surface area contributed by atoms with Crippen molar-refractivity contribution in [2.75, 3.05) is 33.3 Å². The van der Waals surface area contributed by atoms with Crippen molar-refractivity contribution in [2.45, 2.75) is 37.0 Å². The second-order valence-corrected chi connectivity index (χ2v) is 9.47. The summed E-state index contributed by atoms with van der Waals surface area (Å²) in [6.07, 6.45) is 5.49. The third-order valence-corrected chi connectivity index (χ3v) is 7.32. The van der Waals surface area contributed by atoms with E-state index in [9.17, 15) is 8.42 Å². The van der Waals surface area contributed by atoms with Gasteiger partial charge in [0, 0.05) is 18.1 Å². The monoisotopic (exact) mass is 386 g/mol. The van der Waals surface area contributed by atoms with E-state index in [0.717, 1.165) is 32.2 Å². The van der Waals surface area contributed by atoms with Crippen LogP contribution in [0, 0.1) is 11.8 Å². The van der Waals surface area contributed by atoms with Gasteiger partial charge in [0.2, 0.25) is 10.0 Å². The Morgan fingerprint density at radius 3 is 2.68 bits per heavy atom. The normalized spacial score (nSPS) is 22.6. The van der Waals surface area contributed by atoms with Crippen LogP contribution >= 0.6 is 11.6 Å². The summed E-state index contributed by atoms with van der Waals surface area (Å²) in [4.78, 5) is 0.199. The third kappa shape index (κ3) is 4.48. The molecule has 1 heterocycles. The standard InChI is InChI=1S/C18H27ClN2O3S/c1-20-11-15-6-3-9-21(12-15)25(22,23)18-10-16(19)7-8-17(18)24-13-14-4-2-5-14/h7-8,10,14-15,20H,2-6,9,11-13H2,1H3. The van der Waals surface area contributed by atoms with Crippen LogP contribution in [0.4, 0.5) is 0 Å². The Balaban J connectivity index is 1.81. The van der Waals surface area contributed by atoms with Crippen LogP contribution in [-0.4, -0.2) is 46.0 Å². The molecule has 2 aliphatic rings. The van der Waals surface area contributed by atoms with Crippen LogP contribution in [0.3, 0.4) is 0 Å². The van der Waals surface area contributed by atoms with Gasteiger partial charge in [0.1, 0.15) is 10.6 Å². The van der Waals surface area contributed by atoms with Crippen molar-refractivity contribution in [3.8, 4) is 5.75 Å². The molecular formula is C18H27ClN2O3S. The number of halogens is 1. The van der Waals surface area contributed by atoms with E-state index in [1.54, 1.807) is 16.4 Å². The van der Waals surface area contributed by atoms with E-state index in [1.165, 1.54) is 12.5 Å². The van der Waals surface area contributed by atoms with Crippen molar-refractivity contribution in [3.63, 3.8) is 0 Å². The van der Waals surface area contributed by atoms with E-state index in [-0.39, 0.29) is 4.90 Å². The van der Waals surface area contributed by atoms with Crippen LogP contribution in [0.5, 0.6) is 5.75 Å². The highest BCUT2D eigenvalue weighted by Gasteiger charge is 2.32. The Hall–Kier alpha value is -0.820. The number of piperidine rings is 1. The lowest BCUT2D eigenvalue weighted by Crippen LogP contribution is -2.42. The van der Waals surface area contributed by atoms with Gasteiger partial charge in [-0.15, -0.1) is 0 Å². The predicted molar refractivity (Wildman–Crippen MR) is 99.7 cm³/mol. The van der Waals surface area contributed by atoms with Crippen molar-refractivity contribution in [1.29, 1.82) is 0 Å². The van der Waals surface area contributed by atoms with Gasteiger partial charge < -0.3 is 10.1 Å². The molecule has 1 saturated carbocycles. The summed E-state index contributed by atoms with van der Waals surface area (Å²) in [5.74, 6) is 1.31. The minimum atomic E-state index is -3.61. The summed E-state index contributed by atoms with van der Waals surface area (Å²) in [5.41, 5.74) is 0. The van der Waals surface area contributed by atoms with E-state index >= 15 is 0 Å². The average molecular weight is 387 g/mol. The molecule has 140 valence electrons. The SMILES string of the molecule is CNCC1CCCN(S(=O)(=O)c2cc(Cl)ccc2OCC2CCC2)C1. The highest BCUT2D eigenvalue weighted by atomic mass is 35.5. The molecule has 3 rings (SSSR count). The van der Waals surface area contributed by atoms with Crippen LogP contribution in [0.15, 0.2) is 23.1 Å². The molecule has 0 radical (unpaired) electrons. The number of hydrogen-bond donors (Lipinski definition) is 1. The lowest BCUT2D eigenvalue weighted by atomic mass is 9.86. The van der Waals surface area contributed by atoms with E-state index < -0.39 is 10.0 Å². The first-order chi connectivity index (χ1) is 12.0. The molecule has 0 bridgehead atoms. The Morgan fingerprint density at radius 1 is 1.24 bits per heavy atom. The molecule has 1 aromatic carbocycles. The Bertz CT molecular complexity index is 690. The van der Waals surface area contributed by atoms with Gasteiger partial charge in [0.15, 0.2) is 0 Å². The number of ether oxygens (including phenoxy) is 1. The number of rotatable bonds is 7. The van der Waals surface area contributed by atoms with Crippen LogP contribution in [0.25, 0.3) is 0 Å². The van der Waals surface area contributed by atoms with Gasteiger partial charge in [-0.3, -0.25) is 0 Å². The molecule has 2 fully saturated rings. The largest absolute Gasteiger partial charge is 0.492 e. The van der Waals surface area contributed by atoms with Crippen LogP contribution in [0.1, 0.15) is 32.1 Å². The molecule has 25 heavy (non-hydrogen) atoms. The van der Waals surface area contributed by atoms with Crippen molar-refractivity contribution in [3.05, 3.63) is 23.2 Å². The molecule has 0 amide bonds. The maximum Gasteiger partial charge on any atom is 0.246 e. The fourth-order valence-electron chi connectivity index (χ4n) is 3.51. The molecule has 1 aliphatic carbocycles. The van der Waals surface area contributed by atoms with E-state index in [2.05, 4.69) is 5.32 Å². The number of nitrogens with one attached hydrogen (secondary N) is 1. The van der Waals surface area contributed by atoms with Gasteiger partial charge in [0.25, 0.3) is 0 Å². The summed E-state index contributed by atoms with van der Waals surface area (Å²) in [7, 11) is -1.71. The molecule has 1 aromatic rings. The Labute approximate surface area is 155 Å². The Morgan fingerprint density at radius 2 is 2.00 bits per heavy atom. The van der Waals surface area contributed by atoms with Gasteiger partial charge in [-0.05, 0) is 69.3 Å². The van der Waals surface area contributed by atoms with Crippen molar-refractivity contribution >= 4 is 21.6 Å². The molecule has 0 aromatic heterocycles. The number of sulfonamides is 1. The summed E-state index contributed by atoms with van der Waals surface area (Å²) in [6.45, 7) is 2.49. The highest BCUT2D eigenvalue weighted by molar-refractivity contribution is 7.89. The molecule has 1 saturated heterocycles. The third-order valence-electron chi connectivity index (χ3n) is 5.20. The topological polar surface area (TPSA) is 58.6 Å². The van der Waals surface area contributed by atoms with Gasteiger partial charge in [0.05, 0.1) is 6.61 Å². The first-order valence-electron chi connectivity index (χ1n) is 9.08. The second kappa shape index (κ2) is 8.25. The smallest absolute Gasteiger partial charge is 0.246 e. The van der Waals surface area contributed by atoms with Gasteiger partial charge in [-0.2, -0.15) is 4.31 Å². The zero-order chi connectivity index (χ0) is 17.9. The first kappa shape index (κ1) is 19.0. The maximum absolute atomic E-state index is 13.2. The Kier molecular flexibility index (Phi) is 6.25. The van der Waals surface area contributed by atoms with Crippen molar-refractivity contribution in [2.24, 2.45) is 11.8 Å². The van der Waals surface area contributed by atoms with Gasteiger partial charge in [-0.25, -0.2) is 8.42 Å². The van der Waals surface area contributed by atoms with Crippen molar-refractivity contribution < 1.29 is 13.2 Å². The van der Waals surface area contributed by atoms with Gasteiger partial charge >= 0.3 is 0 Å². The number of hydrogen-bond acceptors (Lipinski definition) is 4. The molecule has 1 atom stereocenters. The quantitative estimate of drug-likeness (QED) is 0.782. The van der Waals surface area contributed by atoms with Crippen LogP contribution in [0.2, 0.25) is 5.02 Å². The molecule has 7 heteroatoms. The number of benzene rings is 1. The minimum absolute atomic E-state index is 0.199. The molecule has 1 unspecified atom stereocenters. The summed E-state index contributed by atoms with van der Waals surface area (Å²) < 4.78 is 33.9. The predicted octanol–water partition coefficient (Wildman–Crippen LogP) is 3.14. The molecule has 5 nitrogen and oxygen atoms in total. The lowest BCUT2D eigenvalue weighted by Gasteiger charge is -2.32. The molecule has 0 spiro atoms. The lowest BCUT2D eigenvalue weighted by molar-refractivity contribution is 0.177. The van der Waals surface area contributed by atoms with E-state index in [0.29, 0.717) is 42.3 Å². The fourth-order valence-corrected chi connectivity index (χ4v) is 5.46.